The molecule has 1 amide bonds. The van der Waals surface area contributed by atoms with E-state index in [2.05, 4.69) is 0 Å². The standard InChI is InChI=1S/C20H24N2O3S/c1-4-21(5-2)20(23)19-18(16-9-7-6-8-10-16)22(19)26(24,25)17-13-11-15(3)12-14-17/h6-14,18-19H,4-5H2,1-3H3/t18-,19+,22?/m0/s1. The largest absolute Gasteiger partial charge is 0.342 e. The second-order valence-corrected chi connectivity index (χ2v) is 8.30. The Morgan fingerprint density at radius 3 is 2.12 bits per heavy atom. The number of benzene rings is 2. The van der Waals surface area contributed by atoms with Gasteiger partial charge in [-0.1, -0.05) is 48.0 Å². The van der Waals surface area contributed by atoms with Crippen molar-refractivity contribution in [1.29, 1.82) is 0 Å². The molecule has 1 aliphatic rings. The highest BCUT2D eigenvalue weighted by Gasteiger charge is 2.60. The first-order chi connectivity index (χ1) is 12.4. The van der Waals surface area contributed by atoms with Gasteiger partial charge in [0.2, 0.25) is 15.9 Å². The van der Waals surface area contributed by atoms with Gasteiger partial charge in [-0.15, -0.1) is 0 Å². The molecule has 3 rings (SSSR count). The molecule has 0 radical (unpaired) electrons. The van der Waals surface area contributed by atoms with Gasteiger partial charge in [-0.25, -0.2) is 8.42 Å². The lowest BCUT2D eigenvalue weighted by atomic mass is 10.1. The first-order valence-electron chi connectivity index (χ1n) is 8.85. The molecule has 6 heteroatoms. The lowest BCUT2D eigenvalue weighted by molar-refractivity contribution is -0.130. The van der Waals surface area contributed by atoms with Gasteiger partial charge in [-0.05, 0) is 38.5 Å². The number of nitrogens with zero attached hydrogens (tertiary/aromatic N) is 2. The highest BCUT2D eigenvalue weighted by Crippen LogP contribution is 2.48. The number of carbonyl (C=O) groups excluding carboxylic acids is 1. The van der Waals surface area contributed by atoms with Crippen LogP contribution in [-0.2, 0) is 14.8 Å². The number of aryl methyl sites for hydroxylation is 1. The molecule has 2 aromatic rings. The summed E-state index contributed by atoms with van der Waals surface area (Å²) in [5, 5.41) is 0. The Bertz CT molecular complexity index is 875. The molecule has 0 spiro atoms. The van der Waals surface area contributed by atoms with Gasteiger partial charge in [0.15, 0.2) is 0 Å². The van der Waals surface area contributed by atoms with Crippen LogP contribution in [0.5, 0.6) is 0 Å². The molecule has 26 heavy (non-hydrogen) atoms. The smallest absolute Gasteiger partial charge is 0.244 e. The molecule has 1 saturated heterocycles. The molecule has 1 fully saturated rings. The van der Waals surface area contributed by atoms with Gasteiger partial charge in [0.25, 0.3) is 0 Å². The van der Waals surface area contributed by atoms with Crippen molar-refractivity contribution in [2.24, 2.45) is 0 Å². The number of hydrogen-bond acceptors (Lipinski definition) is 3. The fourth-order valence-electron chi connectivity index (χ4n) is 3.29. The van der Waals surface area contributed by atoms with E-state index in [1.807, 2.05) is 51.1 Å². The van der Waals surface area contributed by atoms with Crippen LogP contribution < -0.4 is 0 Å². The van der Waals surface area contributed by atoms with E-state index in [-0.39, 0.29) is 10.8 Å². The minimum atomic E-state index is -3.74. The second-order valence-electron chi connectivity index (χ2n) is 6.46. The maximum Gasteiger partial charge on any atom is 0.244 e. The molecule has 0 aromatic heterocycles. The van der Waals surface area contributed by atoms with Crippen molar-refractivity contribution in [3.05, 3.63) is 65.7 Å². The van der Waals surface area contributed by atoms with E-state index in [0.717, 1.165) is 11.1 Å². The van der Waals surface area contributed by atoms with Crippen molar-refractivity contribution < 1.29 is 13.2 Å². The summed E-state index contributed by atoms with van der Waals surface area (Å²) in [4.78, 5) is 14.8. The van der Waals surface area contributed by atoms with E-state index in [1.54, 1.807) is 29.2 Å². The highest BCUT2D eigenvalue weighted by atomic mass is 32.2. The number of carbonyl (C=O) groups is 1. The Kier molecular flexibility index (Phi) is 5.16. The highest BCUT2D eigenvalue weighted by molar-refractivity contribution is 7.89. The van der Waals surface area contributed by atoms with Crippen molar-refractivity contribution in [3.63, 3.8) is 0 Å². The van der Waals surface area contributed by atoms with Gasteiger partial charge in [0, 0.05) is 13.1 Å². The van der Waals surface area contributed by atoms with Crippen molar-refractivity contribution in [1.82, 2.24) is 9.21 Å². The van der Waals surface area contributed by atoms with E-state index in [9.17, 15) is 13.2 Å². The summed E-state index contributed by atoms with van der Waals surface area (Å²) in [6.07, 6.45) is 0. The topological polar surface area (TPSA) is 57.5 Å². The van der Waals surface area contributed by atoms with E-state index in [4.69, 9.17) is 0 Å². The van der Waals surface area contributed by atoms with E-state index in [0.29, 0.717) is 13.1 Å². The van der Waals surface area contributed by atoms with Crippen LogP contribution in [0.4, 0.5) is 0 Å². The van der Waals surface area contributed by atoms with E-state index in [1.165, 1.54) is 4.31 Å². The summed E-state index contributed by atoms with van der Waals surface area (Å²) < 4.78 is 27.7. The zero-order valence-electron chi connectivity index (χ0n) is 15.3. The molecule has 0 saturated carbocycles. The molecule has 138 valence electrons. The SMILES string of the molecule is CCN(CC)C(=O)[C@H]1[C@H](c2ccccc2)N1S(=O)(=O)c1ccc(C)cc1. The van der Waals surface area contributed by atoms with Crippen LogP contribution in [0.3, 0.4) is 0 Å². The van der Waals surface area contributed by atoms with E-state index >= 15 is 0 Å². The van der Waals surface area contributed by atoms with Crippen LogP contribution in [-0.4, -0.2) is 42.7 Å². The maximum atomic E-state index is 13.2. The molecule has 2 aromatic carbocycles. The maximum absolute atomic E-state index is 13.2. The van der Waals surface area contributed by atoms with Gasteiger partial charge in [-0.2, -0.15) is 4.31 Å². The number of sulfonamides is 1. The molecule has 0 aliphatic carbocycles. The Hall–Kier alpha value is -2.18. The Morgan fingerprint density at radius 2 is 1.58 bits per heavy atom. The zero-order chi connectivity index (χ0) is 18.9. The zero-order valence-corrected chi connectivity index (χ0v) is 16.1. The minimum Gasteiger partial charge on any atom is -0.342 e. The van der Waals surface area contributed by atoms with Gasteiger partial charge < -0.3 is 4.90 Å². The molecule has 0 N–H and O–H groups in total. The first-order valence-corrected chi connectivity index (χ1v) is 10.3. The minimum absolute atomic E-state index is 0.139. The van der Waals surface area contributed by atoms with Crippen LogP contribution >= 0.6 is 0 Å². The fourth-order valence-corrected chi connectivity index (χ4v) is 5.00. The molecular weight excluding hydrogens is 348 g/mol. The molecule has 1 heterocycles. The predicted octanol–water partition coefficient (Wildman–Crippen LogP) is 2.98. The van der Waals surface area contributed by atoms with Crippen molar-refractivity contribution in [2.45, 2.75) is 37.8 Å². The Balaban J connectivity index is 1.99. The third-order valence-corrected chi connectivity index (χ3v) is 6.70. The third kappa shape index (κ3) is 3.27. The van der Waals surface area contributed by atoms with Crippen LogP contribution in [0, 0.1) is 6.92 Å². The Labute approximate surface area is 155 Å². The lowest BCUT2D eigenvalue weighted by Crippen LogP contribution is -2.36. The van der Waals surface area contributed by atoms with Gasteiger partial charge in [0.1, 0.15) is 6.04 Å². The van der Waals surface area contributed by atoms with Gasteiger partial charge in [-0.3, -0.25) is 4.79 Å². The predicted molar refractivity (Wildman–Crippen MR) is 101 cm³/mol. The molecule has 1 aliphatic heterocycles. The number of amides is 1. The molecular formula is C20H24N2O3S. The first kappa shape index (κ1) is 18.6. The fraction of sp³-hybridized carbons (Fsp3) is 0.350. The summed E-state index contributed by atoms with van der Waals surface area (Å²) in [6.45, 7) is 6.84. The van der Waals surface area contributed by atoms with Gasteiger partial charge >= 0.3 is 0 Å². The normalized spacial score (nSPS) is 22.0. The van der Waals surface area contributed by atoms with Crippen LogP contribution in [0.15, 0.2) is 59.5 Å². The summed E-state index contributed by atoms with van der Waals surface area (Å²) in [5.41, 5.74) is 1.83. The number of hydrogen-bond donors (Lipinski definition) is 0. The molecule has 0 bridgehead atoms. The van der Waals surface area contributed by atoms with E-state index < -0.39 is 22.1 Å². The monoisotopic (exact) mass is 372 g/mol. The summed E-state index contributed by atoms with van der Waals surface area (Å²) in [5.74, 6) is -0.139. The molecule has 5 nitrogen and oxygen atoms in total. The summed E-state index contributed by atoms with van der Waals surface area (Å²) in [6, 6.07) is 15.0. The number of rotatable bonds is 6. The summed E-state index contributed by atoms with van der Waals surface area (Å²) in [7, 11) is -3.74. The van der Waals surface area contributed by atoms with Crippen LogP contribution in [0.1, 0.15) is 31.0 Å². The van der Waals surface area contributed by atoms with Gasteiger partial charge in [0.05, 0.1) is 10.9 Å². The average molecular weight is 372 g/mol. The van der Waals surface area contributed by atoms with Crippen molar-refractivity contribution in [3.8, 4) is 0 Å². The summed E-state index contributed by atoms with van der Waals surface area (Å²) >= 11 is 0. The second kappa shape index (κ2) is 7.21. The quantitative estimate of drug-likeness (QED) is 0.733. The lowest BCUT2D eigenvalue weighted by Gasteiger charge is -2.18. The number of likely N-dealkylation sites (N-methyl/N-ethyl adjacent to an activating group) is 1. The van der Waals surface area contributed by atoms with Crippen LogP contribution in [0.2, 0.25) is 0 Å². The average Bonchev–Trinajstić information content (AvgIpc) is 3.40. The molecule has 3 atom stereocenters. The third-order valence-electron chi connectivity index (χ3n) is 4.82. The Morgan fingerprint density at radius 1 is 1.00 bits per heavy atom. The van der Waals surface area contributed by atoms with Crippen LogP contribution in [0.25, 0.3) is 0 Å². The van der Waals surface area contributed by atoms with Crippen molar-refractivity contribution in [2.75, 3.05) is 13.1 Å². The molecule has 1 unspecified atom stereocenters. The van der Waals surface area contributed by atoms with Crippen molar-refractivity contribution >= 4 is 15.9 Å².